The fourth-order valence-electron chi connectivity index (χ4n) is 2.10. The first kappa shape index (κ1) is 13.8. The predicted molar refractivity (Wildman–Crippen MR) is 88.5 cm³/mol. The largest absolute Gasteiger partial charge is 0.360 e. The Morgan fingerprint density at radius 1 is 1.15 bits per heavy atom. The number of fused-ring (bicyclic) bond motifs is 1. The molecule has 0 amide bonds. The summed E-state index contributed by atoms with van der Waals surface area (Å²) in [5.74, 6) is -0.452. The van der Waals surface area contributed by atoms with Crippen molar-refractivity contribution in [1.82, 2.24) is 4.98 Å². The van der Waals surface area contributed by atoms with E-state index in [9.17, 15) is 9.18 Å². The molecule has 0 spiro atoms. The fraction of sp³-hybridized carbons (Fsp3) is 0. The Morgan fingerprint density at radius 3 is 2.70 bits per heavy atom. The molecule has 20 heavy (non-hydrogen) atoms. The van der Waals surface area contributed by atoms with Crippen LogP contribution in [0.1, 0.15) is 15.9 Å². The number of halogens is 3. The predicted octanol–water partition coefficient (Wildman–Crippen LogP) is 4.91. The van der Waals surface area contributed by atoms with Gasteiger partial charge >= 0.3 is 0 Å². The smallest absolute Gasteiger partial charge is 0.196 e. The van der Waals surface area contributed by atoms with Crippen LogP contribution in [0, 0.1) is 9.39 Å². The average Bonchev–Trinajstić information content (AvgIpc) is 2.81. The van der Waals surface area contributed by atoms with Crippen LogP contribution < -0.4 is 0 Å². The Labute approximate surface area is 136 Å². The molecular weight excluding hydrogens is 436 g/mol. The van der Waals surface area contributed by atoms with Crippen molar-refractivity contribution < 1.29 is 9.18 Å². The van der Waals surface area contributed by atoms with Crippen LogP contribution in [0.2, 0.25) is 0 Å². The third-order valence-electron chi connectivity index (χ3n) is 3.06. The molecule has 0 saturated heterocycles. The van der Waals surface area contributed by atoms with Crippen molar-refractivity contribution in [3.8, 4) is 0 Å². The molecule has 0 atom stereocenters. The summed E-state index contributed by atoms with van der Waals surface area (Å²) in [6, 6.07) is 9.91. The number of rotatable bonds is 2. The van der Waals surface area contributed by atoms with Crippen LogP contribution in [0.5, 0.6) is 0 Å². The minimum absolute atomic E-state index is 0.112. The lowest BCUT2D eigenvalue weighted by molar-refractivity contribution is 0.103. The molecule has 0 unspecified atom stereocenters. The number of H-pyrrole nitrogens is 1. The summed E-state index contributed by atoms with van der Waals surface area (Å²) < 4.78 is 14.6. The number of hydrogen-bond donors (Lipinski definition) is 1. The van der Waals surface area contributed by atoms with Gasteiger partial charge in [0.25, 0.3) is 0 Å². The highest BCUT2D eigenvalue weighted by atomic mass is 127. The number of nitrogens with one attached hydrogen (secondary N) is 1. The van der Waals surface area contributed by atoms with Gasteiger partial charge in [-0.15, -0.1) is 0 Å². The molecule has 0 aliphatic carbocycles. The first-order valence-corrected chi connectivity index (χ1v) is 7.70. The lowest BCUT2D eigenvalue weighted by Gasteiger charge is -2.03. The van der Waals surface area contributed by atoms with Gasteiger partial charge in [0.05, 0.1) is 0 Å². The van der Waals surface area contributed by atoms with E-state index >= 15 is 0 Å². The average molecular weight is 444 g/mol. The van der Waals surface area contributed by atoms with E-state index in [1.54, 1.807) is 6.20 Å². The molecule has 0 aliphatic heterocycles. The minimum atomic E-state index is -0.340. The highest BCUT2D eigenvalue weighted by Crippen LogP contribution is 2.26. The number of aromatic amines is 1. The first-order valence-electron chi connectivity index (χ1n) is 5.82. The Balaban J connectivity index is 2.15. The lowest BCUT2D eigenvalue weighted by atomic mass is 10.0. The number of carbonyl (C=O) groups excluding carboxylic acids is 1. The van der Waals surface area contributed by atoms with E-state index in [2.05, 4.69) is 20.9 Å². The zero-order chi connectivity index (χ0) is 14.3. The van der Waals surface area contributed by atoms with Gasteiger partial charge in [-0.1, -0.05) is 15.9 Å². The number of aromatic nitrogens is 1. The van der Waals surface area contributed by atoms with Crippen LogP contribution in [-0.4, -0.2) is 10.8 Å². The van der Waals surface area contributed by atoms with Crippen LogP contribution in [0.15, 0.2) is 47.1 Å². The second kappa shape index (κ2) is 5.29. The zero-order valence-electron chi connectivity index (χ0n) is 10.1. The van der Waals surface area contributed by atoms with Crippen molar-refractivity contribution in [2.75, 3.05) is 0 Å². The van der Waals surface area contributed by atoms with Crippen molar-refractivity contribution in [2.45, 2.75) is 0 Å². The van der Waals surface area contributed by atoms with Gasteiger partial charge in [-0.2, -0.15) is 0 Å². The van der Waals surface area contributed by atoms with Gasteiger partial charge in [-0.3, -0.25) is 4.79 Å². The first-order chi connectivity index (χ1) is 9.56. The Hall–Kier alpha value is -1.21. The van der Waals surface area contributed by atoms with E-state index in [1.165, 1.54) is 18.2 Å². The molecule has 0 fully saturated rings. The van der Waals surface area contributed by atoms with Gasteiger partial charge in [-0.25, -0.2) is 4.39 Å². The number of hydrogen-bond acceptors (Lipinski definition) is 1. The summed E-state index contributed by atoms with van der Waals surface area (Å²) >= 11 is 5.38. The molecule has 2 nitrogen and oxygen atoms in total. The second-order valence-corrected chi connectivity index (χ2v) is 6.42. The molecule has 0 saturated carbocycles. The summed E-state index contributed by atoms with van der Waals surface area (Å²) in [7, 11) is 0. The number of ketones is 1. The molecular formula is C15H8BrFINO. The number of carbonyl (C=O) groups is 1. The molecule has 0 aliphatic rings. The highest BCUT2D eigenvalue weighted by Gasteiger charge is 2.17. The lowest BCUT2D eigenvalue weighted by Crippen LogP contribution is -2.03. The normalized spacial score (nSPS) is 10.9. The molecule has 0 bridgehead atoms. The molecule has 5 heteroatoms. The van der Waals surface area contributed by atoms with Crippen molar-refractivity contribution in [3.05, 3.63) is 67.6 Å². The van der Waals surface area contributed by atoms with Gasteiger partial charge in [0, 0.05) is 36.3 Å². The zero-order valence-corrected chi connectivity index (χ0v) is 13.8. The molecule has 2 aromatic carbocycles. The van der Waals surface area contributed by atoms with Gasteiger partial charge < -0.3 is 4.98 Å². The van der Waals surface area contributed by atoms with Gasteiger partial charge in [0.1, 0.15) is 5.82 Å². The third kappa shape index (κ3) is 2.40. The topological polar surface area (TPSA) is 32.9 Å². The van der Waals surface area contributed by atoms with Gasteiger partial charge in [-0.05, 0) is 59.0 Å². The third-order valence-corrected chi connectivity index (χ3v) is 4.45. The van der Waals surface area contributed by atoms with Crippen LogP contribution in [0.4, 0.5) is 4.39 Å². The van der Waals surface area contributed by atoms with Crippen LogP contribution >= 0.6 is 38.5 Å². The van der Waals surface area contributed by atoms with Crippen LogP contribution in [0.3, 0.4) is 0 Å². The minimum Gasteiger partial charge on any atom is -0.360 e. The summed E-state index contributed by atoms with van der Waals surface area (Å²) in [4.78, 5) is 15.7. The van der Waals surface area contributed by atoms with E-state index in [0.717, 1.165) is 15.4 Å². The molecule has 0 radical (unpaired) electrons. The summed E-state index contributed by atoms with van der Waals surface area (Å²) in [5, 5.41) is 0.851. The molecule has 100 valence electrons. The summed E-state index contributed by atoms with van der Waals surface area (Å²) in [6.07, 6.45) is 1.69. The molecule has 1 aromatic heterocycles. The van der Waals surface area contributed by atoms with E-state index in [-0.39, 0.29) is 11.6 Å². The second-order valence-electron chi connectivity index (χ2n) is 4.35. The maximum Gasteiger partial charge on any atom is 0.196 e. The Kier molecular flexibility index (Phi) is 3.64. The summed E-state index contributed by atoms with van der Waals surface area (Å²) in [5.41, 5.74) is 1.99. The molecule has 1 N–H and O–H groups in total. The molecule has 1 heterocycles. The van der Waals surface area contributed by atoms with Gasteiger partial charge in [0.15, 0.2) is 5.78 Å². The van der Waals surface area contributed by atoms with Crippen molar-refractivity contribution in [3.63, 3.8) is 0 Å². The van der Waals surface area contributed by atoms with E-state index in [1.807, 2.05) is 40.8 Å². The van der Waals surface area contributed by atoms with E-state index in [0.29, 0.717) is 14.7 Å². The van der Waals surface area contributed by atoms with Crippen molar-refractivity contribution >= 4 is 55.2 Å². The van der Waals surface area contributed by atoms with Crippen molar-refractivity contribution in [1.29, 1.82) is 0 Å². The fourth-order valence-corrected chi connectivity index (χ4v) is 3.18. The van der Waals surface area contributed by atoms with E-state index < -0.39 is 0 Å². The van der Waals surface area contributed by atoms with Crippen LogP contribution in [-0.2, 0) is 0 Å². The SMILES string of the molecule is O=C(c1ccc(F)cc1I)c1c[nH]c2ccc(Br)cc12. The monoisotopic (exact) mass is 443 g/mol. The Bertz CT molecular complexity index is 828. The quantitative estimate of drug-likeness (QED) is 0.443. The maximum atomic E-state index is 13.1. The highest BCUT2D eigenvalue weighted by molar-refractivity contribution is 14.1. The maximum absolute atomic E-state index is 13.1. The number of benzene rings is 2. The standard InChI is InChI=1S/C15H8BrFINO/c16-8-1-4-14-11(5-8)12(7-19-14)15(20)10-3-2-9(17)6-13(10)18/h1-7,19H. The molecule has 3 rings (SSSR count). The van der Waals surface area contributed by atoms with Crippen molar-refractivity contribution in [2.24, 2.45) is 0 Å². The van der Waals surface area contributed by atoms with Gasteiger partial charge in [0.2, 0.25) is 0 Å². The van der Waals surface area contributed by atoms with Crippen LogP contribution in [0.25, 0.3) is 10.9 Å². The summed E-state index contributed by atoms with van der Waals surface area (Å²) in [6.45, 7) is 0. The van der Waals surface area contributed by atoms with E-state index in [4.69, 9.17) is 0 Å². The molecule has 3 aromatic rings. The Morgan fingerprint density at radius 2 is 1.95 bits per heavy atom.